The lowest BCUT2D eigenvalue weighted by atomic mass is 10.2. The van der Waals surface area contributed by atoms with E-state index in [4.69, 9.17) is 9.47 Å². The van der Waals surface area contributed by atoms with Crippen molar-refractivity contribution in [1.29, 1.82) is 0 Å². The molecule has 0 radical (unpaired) electrons. The van der Waals surface area contributed by atoms with E-state index in [0.29, 0.717) is 5.75 Å². The molecule has 0 atom stereocenters. The summed E-state index contributed by atoms with van der Waals surface area (Å²) < 4.78 is 15.2. The van der Waals surface area contributed by atoms with Gasteiger partial charge < -0.3 is 19.5 Å². The van der Waals surface area contributed by atoms with Crippen LogP contribution >= 0.6 is 0 Å². The molecule has 1 aromatic carbocycles. The number of carbonyl (C=O) groups is 3. The van der Waals surface area contributed by atoms with Crippen LogP contribution in [0.25, 0.3) is 0 Å². The zero-order valence-electron chi connectivity index (χ0n) is 14.7. The number of carbonyl (C=O) groups excluding carboxylic acids is 3. The molecule has 0 heterocycles. The molecule has 3 N–H and O–H groups in total. The average Bonchev–Trinajstić information content (AvgIpc) is 2.57. The first kappa shape index (κ1) is 20.1. The van der Waals surface area contributed by atoms with E-state index in [0.717, 1.165) is 0 Å². The second-order valence-electron chi connectivity index (χ2n) is 5.18. The second-order valence-corrected chi connectivity index (χ2v) is 5.18. The summed E-state index contributed by atoms with van der Waals surface area (Å²) in [6.07, 6.45) is -0.765. The van der Waals surface area contributed by atoms with E-state index < -0.39 is 12.0 Å². The van der Waals surface area contributed by atoms with E-state index in [-0.39, 0.29) is 36.5 Å². The molecule has 0 saturated carbocycles. The van der Waals surface area contributed by atoms with Crippen LogP contribution in [-0.2, 0) is 9.53 Å². The van der Waals surface area contributed by atoms with E-state index in [1.165, 1.54) is 25.3 Å². The molecule has 138 valence electrons. The molecule has 0 aromatic heterocycles. The van der Waals surface area contributed by atoms with E-state index in [1.807, 2.05) is 13.8 Å². The monoisotopic (exact) mass is 353 g/mol. The number of rotatable bonds is 7. The molecule has 25 heavy (non-hydrogen) atoms. The predicted molar refractivity (Wildman–Crippen MR) is 89.4 cm³/mol. The molecule has 3 amide bonds. The molecular weight excluding hydrogens is 330 g/mol. The van der Waals surface area contributed by atoms with Crippen molar-refractivity contribution in [3.05, 3.63) is 23.8 Å². The largest absolute Gasteiger partial charge is 0.493 e. The first-order valence-corrected chi connectivity index (χ1v) is 7.70. The van der Waals surface area contributed by atoms with Gasteiger partial charge in [0, 0.05) is 11.6 Å². The van der Waals surface area contributed by atoms with Gasteiger partial charge >= 0.3 is 6.09 Å². The van der Waals surface area contributed by atoms with Crippen molar-refractivity contribution in [3.8, 4) is 11.5 Å². The average molecular weight is 353 g/mol. The lowest BCUT2D eigenvalue weighted by Gasteiger charge is -2.13. The van der Waals surface area contributed by atoms with E-state index in [2.05, 4.69) is 20.9 Å². The van der Waals surface area contributed by atoms with E-state index >= 15 is 0 Å². The Kier molecular flexibility index (Phi) is 8.04. The van der Waals surface area contributed by atoms with Crippen LogP contribution in [0, 0.1) is 0 Å². The molecule has 0 aliphatic heterocycles. The third-order valence-corrected chi connectivity index (χ3v) is 2.79. The van der Waals surface area contributed by atoms with Crippen molar-refractivity contribution in [2.75, 3.05) is 20.3 Å². The van der Waals surface area contributed by atoms with Crippen molar-refractivity contribution in [1.82, 2.24) is 16.2 Å². The standard InChI is InChI=1S/C16H23N3O6/c1-5-24-16(22)19-18-15(21)11-6-7-12(13(8-11)23-4)25-9-14(20)17-10(2)3/h6-8,10H,5,9H2,1-4H3,(H,17,20)(H,18,21)(H,19,22). The molecule has 0 aliphatic carbocycles. The van der Waals surface area contributed by atoms with E-state index in [1.54, 1.807) is 6.92 Å². The lowest BCUT2D eigenvalue weighted by molar-refractivity contribution is -0.123. The summed E-state index contributed by atoms with van der Waals surface area (Å²) in [5.41, 5.74) is 4.54. The number of benzene rings is 1. The smallest absolute Gasteiger partial charge is 0.426 e. The van der Waals surface area contributed by atoms with Crippen LogP contribution in [0.15, 0.2) is 18.2 Å². The fourth-order valence-electron chi connectivity index (χ4n) is 1.78. The van der Waals surface area contributed by atoms with Crippen molar-refractivity contribution in [3.63, 3.8) is 0 Å². The van der Waals surface area contributed by atoms with Gasteiger partial charge in [0.1, 0.15) is 0 Å². The summed E-state index contributed by atoms with van der Waals surface area (Å²) in [7, 11) is 1.41. The van der Waals surface area contributed by atoms with Gasteiger partial charge in [-0.15, -0.1) is 0 Å². The van der Waals surface area contributed by atoms with Crippen LogP contribution in [0.4, 0.5) is 4.79 Å². The van der Waals surface area contributed by atoms with Crippen molar-refractivity contribution >= 4 is 17.9 Å². The van der Waals surface area contributed by atoms with Gasteiger partial charge in [-0.2, -0.15) is 0 Å². The minimum atomic E-state index is -0.765. The van der Waals surface area contributed by atoms with Crippen LogP contribution < -0.4 is 25.6 Å². The summed E-state index contributed by atoms with van der Waals surface area (Å²) in [5.74, 6) is -0.231. The molecule has 0 aliphatic rings. The first-order chi connectivity index (χ1) is 11.9. The van der Waals surface area contributed by atoms with Crippen molar-refractivity contribution in [2.45, 2.75) is 26.8 Å². The number of hydrazine groups is 1. The molecule has 0 saturated heterocycles. The maximum Gasteiger partial charge on any atom is 0.426 e. The summed E-state index contributed by atoms with van der Waals surface area (Å²) in [5, 5.41) is 2.70. The maximum atomic E-state index is 12.0. The van der Waals surface area contributed by atoms with Gasteiger partial charge in [-0.25, -0.2) is 10.2 Å². The third-order valence-electron chi connectivity index (χ3n) is 2.79. The molecule has 0 unspecified atom stereocenters. The summed E-state index contributed by atoms with van der Waals surface area (Å²) in [6.45, 7) is 5.34. The number of methoxy groups -OCH3 is 1. The number of hydrogen-bond donors (Lipinski definition) is 3. The quantitative estimate of drug-likeness (QED) is 0.630. The zero-order valence-corrected chi connectivity index (χ0v) is 14.7. The van der Waals surface area contributed by atoms with Crippen LogP contribution in [0.2, 0.25) is 0 Å². The second kappa shape index (κ2) is 10.0. The molecular formula is C16H23N3O6. The molecule has 0 spiro atoms. The van der Waals surface area contributed by atoms with Gasteiger partial charge in [0.05, 0.1) is 13.7 Å². The fourth-order valence-corrected chi connectivity index (χ4v) is 1.78. The summed E-state index contributed by atoms with van der Waals surface area (Å²) in [6, 6.07) is 4.41. The van der Waals surface area contributed by atoms with Crippen molar-refractivity contribution in [2.24, 2.45) is 0 Å². The van der Waals surface area contributed by atoms with Gasteiger partial charge in [-0.05, 0) is 39.0 Å². The number of ether oxygens (including phenoxy) is 3. The number of hydrogen-bond acceptors (Lipinski definition) is 6. The Morgan fingerprint density at radius 1 is 1.12 bits per heavy atom. The molecule has 9 nitrogen and oxygen atoms in total. The van der Waals surface area contributed by atoms with Crippen molar-refractivity contribution < 1.29 is 28.6 Å². The highest BCUT2D eigenvalue weighted by Crippen LogP contribution is 2.28. The molecule has 0 fully saturated rings. The Morgan fingerprint density at radius 2 is 1.84 bits per heavy atom. The Labute approximate surface area is 146 Å². The van der Waals surface area contributed by atoms with Gasteiger partial charge in [-0.3, -0.25) is 15.0 Å². The highest BCUT2D eigenvalue weighted by Gasteiger charge is 2.13. The lowest BCUT2D eigenvalue weighted by Crippen LogP contribution is -2.41. The minimum Gasteiger partial charge on any atom is -0.493 e. The highest BCUT2D eigenvalue weighted by atomic mass is 16.6. The summed E-state index contributed by atoms with van der Waals surface area (Å²) >= 11 is 0. The maximum absolute atomic E-state index is 12.0. The molecule has 1 rings (SSSR count). The van der Waals surface area contributed by atoms with Crippen LogP contribution in [-0.4, -0.2) is 44.3 Å². The number of amides is 3. The predicted octanol–water partition coefficient (Wildman–Crippen LogP) is 0.989. The van der Waals surface area contributed by atoms with Gasteiger partial charge in [0.15, 0.2) is 18.1 Å². The Morgan fingerprint density at radius 3 is 2.44 bits per heavy atom. The Bertz CT molecular complexity index is 618. The normalized spacial score (nSPS) is 9.96. The SMILES string of the molecule is CCOC(=O)NNC(=O)c1ccc(OCC(=O)NC(C)C)c(OC)c1. The molecule has 0 bridgehead atoms. The minimum absolute atomic E-state index is 0.0102. The highest BCUT2D eigenvalue weighted by molar-refractivity contribution is 5.95. The van der Waals surface area contributed by atoms with Crippen LogP contribution in [0.3, 0.4) is 0 Å². The summed E-state index contributed by atoms with van der Waals surface area (Å²) in [4.78, 5) is 34.7. The van der Waals surface area contributed by atoms with Crippen LogP contribution in [0.1, 0.15) is 31.1 Å². The zero-order chi connectivity index (χ0) is 18.8. The topological polar surface area (TPSA) is 115 Å². The Hall–Kier alpha value is -2.97. The first-order valence-electron chi connectivity index (χ1n) is 7.70. The Balaban J connectivity index is 2.69. The molecule has 9 heteroatoms. The van der Waals surface area contributed by atoms with Gasteiger partial charge in [0.25, 0.3) is 11.8 Å². The van der Waals surface area contributed by atoms with E-state index in [9.17, 15) is 14.4 Å². The fraction of sp³-hybridized carbons (Fsp3) is 0.438. The van der Waals surface area contributed by atoms with Crippen LogP contribution in [0.5, 0.6) is 11.5 Å². The third kappa shape index (κ3) is 6.98. The number of nitrogens with one attached hydrogen (secondary N) is 3. The van der Waals surface area contributed by atoms with Gasteiger partial charge in [-0.1, -0.05) is 0 Å². The van der Waals surface area contributed by atoms with Gasteiger partial charge in [0.2, 0.25) is 0 Å². The molecule has 1 aromatic rings.